The van der Waals surface area contributed by atoms with Crippen LogP contribution < -0.4 is 0 Å². The second kappa shape index (κ2) is 8.15. The van der Waals surface area contributed by atoms with Gasteiger partial charge in [-0.05, 0) is 42.2 Å². The van der Waals surface area contributed by atoms with Crippen molar-refractivity contribution in [1.82, 2.24) is 0 Å². The van der Waals surface area contributed by atoms with Crippen LogP contribution in [0, 0.1) is 23.5 Å². The quantitative estimate of drug-likeness (QED) is 0.338. The SMILES string of the molecule is CCCCCc1ccc(-c2ccc(C#CC(F)(F)F)c(F)c2)c(F)c1. The third-order valence-electron chi connectivity index (χ3n) is 3.72. The van der Waals surface area contributed by atoms with Crippen LogP contribution in [-0.4, -0.2) is 6.18 Å². The average Bonchev–Trinajstić information content (AvgIpc) is 2.53. The van der Waals surface area contributed by atoms with Gasteiger partial charge in [-0.1, -0.05) is 43.9 Å². The van der Waals surface area contributed by atoms with Gasteiger partial charge in [-0.15, -0.1) is 0 Å². The van der Waals surface area contributed by atoms with Crippen LogP contribution >= 0.6 is 0 Å². The Morgan fingerprint density at radius 1 is 0.920 bits per heavy atom. The molecule has 0 aliphatic rings. The van der Waals surface area contributed by atoms with Crippen LogP contribution in [0.2, 0.25) is 0 Å². The summed E-state index contributed by atoms with van der Waals surface area (Å²) < 4.78 is 64.4. The van der Waals surface area contributed by atoms with Gasteiger partial charge in [-0.2, -0.15) is 13.2 Å². The highest BCUT2D eigenvalue weighted by atomic mass is 19.4. The molecule has 0 fully saturated rings. The molecule has 2 rings (SSSR count). The Kier molecular flexibility index (Phi) is 6.19. The predicted octanol–water partition coefficient (Wildman–Crippen LogP) is 6.28. The van der Waals surface area contributed by atoms with Crippen LogP contribution in [0.1, 0.15) is 37.3 Å². The first kappa shape index (κ1) is 19.0. The molecule has 0 aromatic heterocycles. The van der Waals surface area contributed by atoms with Crippen molar-refractivity contribution in [1.29, 1.82) is 0 Å². The Balaban J connectivity index is 2.24. The largest absolute Gasteiger partial charge is 0.458 e. The molecule has 0 nitrogen and oxygen atoms in total. The summed E-state index contributed by atoms with van der Waals surface area (Å²) in [5.41, 5.74) is 0.946. The second-order valence-corrected chi connectivity index (χ2v) is 5.71. The lowest BCUT2D eigenvalue weighted by Gasteiger charge is -2.07. The zero-order chi connectivity index (χ0) is 18.4. The fraction of sp³-hybridized carbons (Fsp3) is 0.300. The maximum absolute atomic E-state index is 14.3. The Morgan fingerprint density at radius 3 is 2.28 bits per heavy atom. The Hall–Kier alpha value is -2.35. The number of benzene rings is 2. The molecule has 0 heterocycles. The van der Waals surface area contributed by atoms with E-state index in [0.717, 1.165) is 49.3 Å². The van der Waals surface area contributed by atoms with Crippen LogP contribution in [0.5, 0.6) is 0 Å². The van der Waals surface area contributed by atoms with Crippen LogP contribution in [0.15, 0.2) is 36.4 Å². The average molecular weight is 352 g/mol. The van der Waals surface area contributed by atoms with E-state index in [0.29, 0.717) is 0 Å². The van der Waals surface area contributed by atoms with Gasteiger partial charge in [0.15, 0.2) is 0 Å². The van der Waals surface area contributed by atoms with Crippen LogP contribution in [-0.2, 0) is 6.42 Å². The van der Waals surface area contributed by atoms with Gasteiger partial charge in [0.2, 0.25) is 0 Å². The summed E-state index contributed by atoms with van der Waals surface area (Å²) in [5.74, 6) is 1.36. The summed E-state index contributed by atoms with van der Waals surface area (Å²) in [5, 5.41) is 0. The molecule has 2 aromatic carbocycles. The van der Waals surface area contributed by atoms with E-state index in [1.165, 1.54) is 12.1 Å². The Labute approximate surface area is 143 Å². The van der Waals surface area contributed by atoms with Gasteiger partial charge < -0.3 is 0 Å². The number of hydrogen-bond acceptors (Lipinski definition) is 0. The molecule has 0 N–H and O–H groups in total. The lowest BCUT2D eigenvalue weighted by Crippen LogP contribution is -2.01. The molecule has 0 aliphatic carbocycles. The van der Waals surface area contributed by atoms with E-state index in [2.05, 4.69) is 6.92 Å². The highest BCUT2D eigenvalue weighted by Crippen LogP contribution is 2.26. The molecule has 0 saturated heterocycles. The van der Waals surface area contributed by atoms with E-state index in [-0.39, 0.29) is 16.7 Å². The molecule has 0 aliphatic heterocycles. The number of unbranched alkanes of at least 4 members (excludes halogenated alkanes) is 2. The molecule has 0 unspecified atom stereocenters. The van der Waals surface area contributed by atoms with Gasteiger partial charge in [-0.3, -0.25) is 0 Å². The molecule has 0 amide bonds. The molecule has 132 valence electrons. The van der Waals surface area contributed by atoms with Gasteiger partial charge in [0.05, 0.1) is 5.56 Å². The summed E-state index contributed by atoms with van der Waals surface area (Å²) in [6, 6.07) is 8.24. The van der Waals surface area contributed by atoms with Crippen molar-refractivity contribution < 1.29 is 22.0 Å². The fourth-order valence-corrected chi connectivity index (χ4v) is 2.45. The maximum atomic E-state index is 14.3. The van der Waals surface area contributed by atoms with Gasteiger partial charge in [0.25, 0.3) is 0 Å². The van der Waals surface area contributed by atoms with Crippen molar-refractivity contribution in [2.24, 2.45) is 0 Å². The Bertz CT molecular complexity index is 794. The molecule has 25 heavy (non-hydrogen) atoms. The topological polar surface area (TPSA) is 0 Å². The third kappa shape index (κ3) is 5.60. The molecule has 0 bridgehead atoms. The van der Waals surface area contributed by atoms with Crippen LogP contribution in [0.4, 0.5) is 22.0 Å². The van der Waals surface area contributed by atoms with E-state index < -0.39 is 17.8 Å². The zero-order valence-corrected chi connectivity index (χ0v) is 13.7. The zero-order valence-electron chi connectivity index (χ0n) is 13.7. The van der Waals surface area contributed by atoms with Gasteiger partial charge >= 0.3 is 6.18 Å². The molecule has 0 radical (unpaired) electrons. The summed E-state index contributed by atoms with van der Waals surface area (Å²) in [6.45, 7) is 2.08. The van der Waals surface area contributed by atoms with E-state index in [9.17, 15) is 22.0 Å². The Morgan fingerprint density at radius 2 is 1.68 bits per heavy atom. The maximum Gasteiger partial charge on any atom is 0.458 e. The van der Waals surface area contributed by atoms with E-state index in [4.69, 9.17) is 0 Å². The second-order valence-electron chi connectivity index (χ2n) is 5.71. The minimum absolute atomic E-state index is 0.202. The minimum atomic E-state index is -4.69. The predicted molar refractivity (Wildman–Crippen MR) is 88.0 cm³/mol. The monoisotopic (exact) mass is 352 g/mol. The molecule has 0 saturated carbocycles. The standard InChI is InChI=1S/C20H17F5/c1-2-3-4-5-14-6-9-17(19(22)12-14)16-8-7-15(18(21)13-16)10-11-20(23,24)25/h6-9,12-13H,2-5H2,1H3. The van der Waals surface area contributed by atoms with Crippen molar-refractivity contribution in [2.45, 2.75) is 38.8 Å². The number of halogens is 5. The summed E-state index contributed by atoms with van der Waals surface area (Å²) in [7, 11) is 0. The molecule has 2 aromatic rings. The van der Waals surface area contributed by atoms with Crippen LogP contribution in [0.3, 0.4) is 0 Å². The smallest absolute Gasteiger partial charge is 0.206 e. The number of aryl methyl sites for hydroxylation is 1. The highest BCUT2D eigenvalue weighted by Gasteiger charge is 2.23. The van der Waals surface area contributed by atoms with Crippen molar-refractivity contribution in [3.05, 3.63) is 59.2 Å². The van der Waals surface area contributed by atoms with E-state index in [1.807, 2.05) is 0 Å². The fourth-order valence-electron chi connectivity index (χ4n) is 2.45. The molecule has 5 heteroatoms. The van der Waals surface area contributed by atoms with E-state index >= 15 is 0 Å². The molecular weight excluding hydrogens is 335 g/mol. The van der Waals surface area contributed by atoms with Crippen molar-refractivity contribution in [2.75, 3.05) is 0 Å². The van der Waals surface area contributed by atoms with Crippen molar-refractivity contribution >= 4 is 0 Å². The number of rotatable bonds is 5. The summed E-state index contributed by atoms with van der Waals surface area (Å²) in [6.07, 6.45) is -0.814. The van der Waals surface area contributed by atoms with Gasteiger partial charge in [-0.25, -0.2) is 8.78 Å². The highest BCUT2D eigenvalue weighted by molar-refractivity contribution is 5.65. The van der Waals surface area contributed by atoms with Gasteiger partial charge in [0, 0.05) is 11.5 Å². The number of hydrogen-bond donors (Lipinski definition) is 0. The minimum Gasteiger partial charge on any atom is -0.206 e. The third-order valence-corrected chi connectivity index (χ3v) is 3.72. The van der Waals surface area contributed by atoms with Gasteiger partial charge in [0.1, 0.15) is 11.6 Å². The first-order valence-electron chi connectivity index (χ1n) is 7.98. The van der Waals surface area contributed by atoms with E-state index in [1.54, 1.807) is 18.1 Å². The summed E-state index contributed by atoms with van der Waals surface area (Å²) >= 11 is 0. The molecule has 0 atom stereocenters. The molecular formula is C20H17F5. The first-order chi connectivity index (χ1) is 11.8. The van der Waals surface area contributed by atoms with Crippen molar-refractivity contribution in [3.8, 4) is 23.0 Å². The lowest BCUT2D eigenvalue weighted by molar-refractivity contribution is -0.0696. The summed E-state index contributed by atoms with van der Waals surface area (Å²) in [4.78, 5) is 0. The van der Waals surface area contributed by atoms with Crippen LogP contribution in [0.25, 0.3) is 11.1 Å². The first-order valence-corrected chi connectivity index (χ1v) is 7.98. The lowest BCUT2D eigenvalue weighted by atomic mass is 9.99. The molecule has 0 spiro atoms. The number of alkyl halides is 3. The van der Waals surface area contributed by atoms with Crippen molar-refractivity contribution in [3.63, 3.8) is 0 Å². The normalized spacial score (nSPS) is 11.1.